The van der Waals surface area contributed by atoms with Gasteiger partial charge < -0.3 is 14.6 Å². The van der Waals surface area contributed by atoms with Gasteiger partial charge in [-0.3, -0.25) is 9.58 Å². The van der Waals surface area contributed by atoms with E-state index in [2.05, 4.69) is 21.4 Å². The second kappa shape index (κ2) is 8.39. The Kier molecular flexibility index (Phi) is 5.71. The second-order valence-electron chi connectivity index (χ2n) is 8.30. The van der Waals surface area contributed by atoms with Crippen LogP contribution in [0.1, 0.15) is 42.8 Å². The van der Waals surface area contributed by atoms with E-state index >= 15 is 0 Å². The number of hydrogen-bond acceptors (Lipinski definition) is 4. The third-order valence-corrected chi connectivity index (χ3v) is 5.78. The Morgan fingerprint density at radius 2 is 2.07 bits per heavy atom. The Hall–Kier alpha value is -2.28. The molecule has 4 rings (SSSR count). The van der Waals surface area contributed by atoms with E-state index in [0.717, 1.165) is 68.9 Å². The van der Waals surface area contributed by atoms with Crippen molar-refractivity contribution in [3.63, 3.8) is 0 Å². The summed E-state index contributed by atoms with van der Waals surface area (Å²) in [7, 11) is 1.91. The molecule has 0 spiro atoms. The molecule has 152 valence electrons. The van der Waals surface area contributed by atoms with Crippen LogP contribution in [-0.2, 0) is 20.1 Å². The molecule has 2 aliphatic rings. The maximum atomic E-state index is 12.8. The van der Waals surface area contributed by atoms with Crippen molar-refractivity contribution in [3.05, 3.63) is 41.6 Å². The number of nitrogens with one attached hydrogen (secondary N) is 1. The highest BCUT2D eigenvalue weighted by Gasteiger charge is 2.33. The van der Waals surface area contributed by atoms with E-state index in [9.17, 15) is 4.79 Å². The average Bonchev–Trinajstić information content (AvgIpc) is 3.32. The van der Waals surface area contributed by atoms with Crippen LogP contribution in [0.5, 0.6) is 0 Å². The van der Waals surface area contributed by atoms with Crippen molar-refractivity contribution < 1.29 is 9.21 Å². The molecule has 1 N–H and O–H groups in total. The molecule has 1 aliphatic heterocycles. The zero-order valence-electron chi connectivity index (χ0n) is 16.9. The largest absolute Gasteiger partial charge is 0.465 e. The molecule has 1 saturated carbocycles. The first-order valence-corrected chi connectivity index (χ1v) is 10.4. The van der Waals surface area contributed by atoms with E-state index in [0.29, 0.717) is 18.5 Å². The number of piperidine rings is 1. The van der Waals surface area contributed by atoms with Gasteiger partial charge in [0, 0.05) is 31.4 Å². The third kappa shape index (κ3) is 4.95. The molecule has 0 atom stereocenters. The van der Waals surface area contributed by atoms with E-state index in [1.807, 2.05) is 37.3 Å². The van der Waals surface area contributed by atoms with Gasteiger partial charge in [-0.1, -0.05) is 0 Å². The molecule has 0 aromatic carbocycles. The van der Waals surface area contributed by atoms with Gasteiger partial charge in [-0.15, -0.1) is 0 Å². The van der Waals surface area contributed by atoms with Crippen molar-refractivity contribution in [2.75, 3.05) is 19.6 Å². The lowest BCUT2D eigenvalue weighted by atomic mass is 9.97. The van der Waals surface area contributed by atoms with Crippen molar-refractivity contribution >= 4 is 6.03 Å². The zero-order valence-corrected chi connectivity index (χ0v) is 16.9. The molecular weight excluding hydrogens is 354 g/mol. The lowest BCUT2D eigenvalue weighted by molar-refractivity contribution is 0.158. The van der Waals surface area contributed by atoms with Crippen LogP contribution in [-0.4, -0.2) is 51.3 Å². The lowest BCUT2D eigenvalue weighted by Gasteiger charge is -2.32. The molecule has 2 fully saturated rings. The van der Waals surface area contributed by atoms with Crippen molar-refractivity contribution in [1.29, 1.82) is 0 Å². The van der Waals surface area contributed by atoms with Crippen LogP contribution >= 0.6 is 0 Å². The summed E-state index contributed by atoms with van der Waals surface area (Å²) < 4.78 is 7.47. The molecule has 28 heavy (non-hydrogen) atoms. The van der Waals surface area contributed by atoms with Gasteiger partial charge in [0.25, 0.3) is 0 Å². The summed E-state index contributed by atoms with van der Waals surface area (Å²) in [6.45, 7) is 6.39. The van der Waals surface area contributed by atoms with Crippen LogP contribution in [0.2, 0.25) is 0 Å². The van der Waals surface area contributed by atoms with Crippen LogP contribution in [0, 0.1) is 12.8 Å². The van der Waals surface area contributed by atoms with E-state index in [1.54, 1.807) is 4.68 Å². The minimum atomic E-state index is 0.0693. The van der Waals surface area contributed by atoms with E-state index in [1.165, 1.54) is 0 Å². The van der Waals surface area contributed by atoms with Gasteiger partial charge in [-0.05, 0) is 63.7 Å². The minimum absolute atomic E-state index is 0.0693. The molecule has 7 nitrogen and oxygen atoms in total. The zero-order chi connectivity index (χ0) is 19.5. The molecule has 0 radical (unpaired) electrons. The van der Waals surface area contributed by atoms with Gasteiger partial charge in [0.1, 0.15) is 11.5 Å². The molecule has 0 bridgehead atoms. The number of likely N-dealkylation sites (tertiary alicyclic amines) is 1. The van der Waals surface area contributed by atoms with Crippen molar-refractivity contribution in [3.8, 4) is 0 Å². The van der Waals surface area contributed by atoms with Gasteiger partial charge in [-0.2, -0.15) is 5.10 Å². The normalized spacial score (nSPS) is 18.4. The molecule has 1 aliphatic carbocycles. The summed E-state index contributed by atoms with van der Waals surface area (Å²) >= 11 is 0. The SMILES string of the molecule is Cc1ccc(CN2CCC(CNC(=O)N(Cc3cnn(C)c3)C3CC3)CC2)o1. The molecule has 3 heterocycles. The van der Waals surface area contributed by atoms with Gasteiger partial charge in [0.15, 0.2) is 0 Å². The Morgan fingerprint density at radius 3 is 2.68 bits per heavy atom. The van der Waals surface area contributed by atoms with E-state index < -0.39 is 0 Å². The molecule has 2 aromatic rings. The second-order valence-corrected chi connectivity index (χ2v) is 8.30. The molecule has 2 aromatic heterocycles. The highest BCUT2D eigenvalue weighted by molar-refractivity contribution is 5.74. The topological polar surface area (TPSA) is 66.5 Å². The fraction of sp³-hybridized carbons (Fsp3) is 0.619. The van der Waals surface area contributed by atoms with Crippen molar-refractivity contribution in [2.45, 2.75) is 51.7 Å². The maximum absolute atomic E-state index is 12.8. The summed E-state index contributed by atoms with van der Waals surface area (Å²) in [5.41, 5.74) is 1.09. The summed E-state index contributed by atoms with van der Waals surface area (Å²) in [4.78, 5) is 17.2. The molecule has 7 heteroatoms. The van der Waals surface area contributed by atoms with E-state index in [-0.39, 0.29) is 6.03 Å². The lowest BCUT2D eigenvalue weighted by Crippen LogP contribution is -2.44. The summed E-state index contributed by atoms with van der Waals surface area (Å²) in [6.07, 6.45) is 8.28. The minimum Gasteiger partial charge on any atom is -0.465 e. The van der Waals surface area contributed by atoms with Gasteiger partial charge >= 0.3 is 6.03 Å². The standard InChI is InChI=1S/C21H31N5O2/c1-16-3-6-20(28-16)15-25-9-7-17(8-10-25)11-22-21(27)26(19-4-5-19)14-18-12-23-24(2)13-18/h3,6,12-13,17,19H,4-5,7-11,14-15H2,1-2H3,(H,22,27). The number of furan rings is 1. The highest BCUT2D eigenvalue weighted by Crippen LogP contribution is 2.28. The summed E-state index contributed by atoms with van der Waals surface area (Å²) in [6, 6.07) is 4.55. The Balaban J connectivity index is 1.21. The van der Waals surface area contributed by atoms with E-state index in [4.69, 9.17) is 4.42 Å². The fourth-order valence-corrected chi connectivity index (χ4v) is 3.98. The van der Waals surface area contributed by atoms with Crippen LogP contribution < -0.4 is 5.32 Å². The summed E-state index contributed by atoms with van der Waals surface area (Å²) in [5, 5.41) is 7.40. The number of carbonyl (C=O) groups is 1. The van der Waals surface area contributed by atoms with Crippen LogP contribution in [0.15, 0.2) is 28.9 Å². The number of carbonyl (C=O) groups excluding carboxylic acids is 1. The van der Waals surface area contributed by atoms with Crippen LogP contribution in [0.25, 0.3) is 0 Å². The predicted octanol–water partition coefficient (Wildman–Crippen LogP) is 2.91. The molecule has 1 saturated heterocycles. The predicted molar refractivity (Wildman–Crippen MR) is 107 cm³/mol. The number of nitrogens with zero attached hydrogens (tertiary/aromatic N) is 4. The molecule has 2 amide bonds. The van der Waals surface area contributed by atoms with Crippen LogP contribution in [0.3, 0.4) is 0 Å². The van der Waals surface area contributed by atoms with Gasteiger partial charge in [0.05, 0.1) is 19.3 Å². The number of aryl methyl sites for hydroxylation is 2. The highest BCUT2D eigenvalue weighted by atomic mass is 16.3. The molecule has 0 unspecified atom stereocenters. The maximum Gasteiger partial charge on any atom is 0.317 e. The molecular formula is C21H31N5O2. The Bertz CT molecular complexity index is 786. The smallest absolute Gasteiger partial charge is 0.317 e. The number of aromatic nitrogens is 2. The van der Waals surface area contributed by atoms with Crippen LogP contribution in [0.4, 0.5) is 4.79 Å². The first-order chi connectivity index (χ1) is 13.6. The van der Waals surface area contributed by atoms with Crippen molar-refractivity contribution in [2.24, 2.45) is 13.0 Å². The first-order valence-electron chi connectivity index (χ1n) is 10.4. The summed E-state index contributed by atoms with van der Waals surface area (Å²) in [5.74, 6) is 2.57. The number of urea groups is 1. The Labute approximate surface area is 166 Å². The van der Waals surface area contributed by atoms with Crippen molar-refractivity contribution in [1.82, 2.24) is 24.9 Å². The number of rotatable bonds is 7. The number of amides is 2. The fourth-order valence-electron chi connectivity index (χ4n) is 3.98. The average molecular weight is 386 g/mol. The number of hydrogen-bond donors (Lipinski definition) is 1. The quantitative estimate of drug-likeness (QED) is 0.796. The van der Waals surface area contributed by atoms with Gasteiger partial charge in [0.2, 0.25) is 0 Å². The Morgan fingerprint density at radius 1 is 1.29 bits per heavy atom. The first kappa shape index (κ1) is 19.1. The monoisotopic (exact) mass is 385 g/mol. The third-order valence-electron chi connectivity index (χ3n) is 5.78. The van der Waals surface area contributed by atoms with Gasteiger partial charge in [-0.25, -0.2) is 4.79 Å².